The van der Waals surface area contributed by atoms with Crippen LogP contribution in [0.3, 0.4) is 0 Å². The van der Waals surface area contributed by atoms with Crippen molar-refractivity contribution in [3.8, 4) is 12.3 Å². The van der Waals surface area contributed by atoms with Gasteiger partial charge in [0.05, 0.1) is 6.10 Å². The second-order valence-corrected chi connectivity index (χ2v) is 6.69. The number of rotatable bonds is 17. The normalized spacial score (nSPS) is 12.2. The summed E-state index contributed by atoms with van der Waals surface area (Å²) < 4.78 is 5.00. The van der Waals surface area contributed by atoms with Crippen molar-refractivity contribution in [3.63, 3.8) is 0 Å². The van der Waals surface area contributed by atoms with Crippen LogP contribution in [0.4, 0.5) is 0 Å². The van der Waals surface area contributed by atoms with Gasteiger partial charge < -0.3 is 9.84 Å². The third-order valence-electron chi connectivity index (χ3n) is 4.23. The van der Waals surface area contributed by atoms with E-state index in [-0.39, 0.29) is 12.1 Å². The van der Waals surface area contributed by atoms with Gasteiger partial charge in [-0.05, 0) is 32.1 Å². The Hall–Kier alpha value is -1.27. The molecule has 0 heterocycles. The first-order chi connectivity index (χ1) is 12.2. The van der Waals surface area contributed by atoms with Crippen LogP contribution in [0.5, 0.6) is 0 Å². The van der Waals surface area contributed by atoms with Crippen molar-refractivity contribution in [2.75, 3.05) is 6.61 Å². The maximum absolute atomic E-state index is 11.4. The van der Waals surface area contributed by atoms with Crippen LogP contribution in [0.2, 0.25) is 0 Å². The summed E-state index contributed by atoms with van der Waals surface area (Å²) in [6.07, 6.45) is 23.4. The quantitative estimate of drug-likeness (QED) is 0.162. The van der Waals surface area contributed by atoms with E-state index in [2.05, 4.69) is 25.0 Å². The highest BCUT2D eigenvalue weighted by molar-refractivity contribution is 5.69. The van der Waals surface area contributed by atoms with Crippen molar-refractivity contribution in [2.45, 2.75) is 103 Å². The molecule has 144 valence electrons. The molecule has 1 atom stereocenters. The topological polar surface area (TPSA) is 46.5 Å². The molecular weight excluding hydrogens is 312 g/mol. The molecule has 0 rings (SSSR count). The molecule has 0 aromatic rings. The van der Waals surface area contributed by atoms with Gasteiger partial charge in [0.1, 0.15) is 6.61 Å². The zero-order chi connectivity index (χ0) is 18.6. The number of ether oxygens (including phenoxy) is 1. The minimum atomic E-state index is -0.173. The van der Waals surface area contributed by atoms with Gasteiger partial charge in [0.2, 0.25) is 0 Å². The average Bonchev–Trinajstić information content (AvgIpc) is 2.60. The van der Waals surface area contributed by atoms with E-state index in [1.54, 1.807) is 0 Å². The molecule has 0 aromatic heterocycles. The minimum absolute atomic E-state index is 0.133. The van der Waals surface area contributed by atoms with Crippen LogP contribution in [0.25, 0.3) is 0 Å². The molecule has 0 spiro atoms. The lowest BCUT2D eigenvalue weighted by Gasteiger charge is -2.07. The van der Waals surface area contributed by atoms with Crippen LogP contribution in [0, 0.1) is 12.3 Å². The van der Waals surface area contributed by atoms with Gasteiger partial charge in [-0.1, -0.05) is 64.0 Å². The summed E-state index contributed by atoms with van der Waals surface area (Å²) in [5.74, 6) is 2.32. The third kappa shape index (κ3) is 18.9. The highest BCUT2D eigenvalue weighted by Gasteiger charge is 2.02. The van der Waals surface area contributed by atoms with E-state index in [0.717, 1.165) is 44.9 Å². The van der Waals surface area contributed by atoms with Crippen LogP contribution < -0.4 is 0 Å². The van der Waals surface area contributed by atoms with Crippen molar-refractivity contribution in [2.24, 2.45) is 0 Å². The molecule has 0 aliphatic carbocycles. The Morgan fingerprint density at radius 2 is 1.80 bits per heavy atom. The van der Waals surface area contributed by atoms with Crippen LogP contribution in [0.1, 0.15) is 96.8 Å². The molecule has 3 nitrogen and oxygen atoms in total. The zero-order valence-corrected chi connectivity index (χ0v) is 16.2. The van der Waals surface area contributed by atoms with E-state index in [4.69, 9.17) is 11.2 Å². The molecule has 0 aliphatic heterocycles. The van der Waals surface area contributed by atoms with Gasteiger partial charge in [0, 0.05) is 12.8 Å². The van der Waals surface area contributed by atoms with Crippen molar-refractivity contribution < 1.29 is 14.6 Å². The number of esters is 1. The number of aliphatic hydroxyl groups is 1. The van der Waals surface area contributed by atoms with E-state index in [9.17, 15) is 9.90 Å². The van der Waals surface area contributed by atoms with Gasteiger partial charge in [-0.3, -0.25) is 4.79 Å². The molecule has 1 N–H and O–H groups in total. The summed E-state index contributed by atoms with van der Waals surface area (Å²) >= 11 is 0. The second kappa shape index (κ2) is 19.1. The lowest BCUT2D eigenvalue weighted by Crippen LogP contribution is -2.04. The van der Waals surface area contributed by atoms with Gasteiger partial charge in [-0.25, -0.2) is 0 Å². The summed E-state index contributed by atoms with van der Waals surface area (Å²) in [5.41, 5.74) is 0. The minimum Gasteiger partial charge on any atom is -0.465 e. The molecule has 25 heavy (non-hydrogen) atoms. The number of carbonyl (C=O) groups excluding carboxylic acids is 1. The van der Waals surface area contributed by atoms with Crippen molar-refractivity contribution >= 4 is 5.97 Å². The molecule has 1 unspecified atom stereocenters. The molecule has 0 aliphatic rings. The molecule has 0 aromatic carbocycles. The Morgan fingerprint density at radius 3 is 2.56 bits per heavy atom. The van der Waals surface area contributed by atoms with Gasteiger partial charge in [-0.15, -0.1) is 12.3 Å². The molecule has 0 saturated carbocycles. The van der Waals surface area contributed by atoms with Crippen LogP contribution in [-0.2, 0) is 9.53 Å². The van der Waals surface area contributed by atoms with E-state index >= 15 is 0 Å². The SMILES string of the molecule is C#CCCOC(=O)CCCCCCC/C=C\CC(O)CCCCCC. The highest BCUT2D eigenvalue weighted by Crippen LogP contribution is 2.10. The predicted molar refractivity (Wildman–Crippen MR) is 105 cm³/mol. The first-order valence-electron chi connectivity index (χ1n) is 10.1. The van der Waals surface area contributed by atoms with Gasteiger partial charge in [0.25, 0.3) is 0 Å². The lowest BCUT2D eigenvalue weighted by molar-refractivity contribution is -0.143. The molecule has 3 heteroatoms. The standard InChI is InChI=1S/C22H38O3/c1-3-5-7-14-17-21(23)18-15-12-10-8-9-11-13-16-19-22(24)25-20-6-4-2/h2,12,15,21,23H,3,5-11,13-14,16-20H2,1H3/b15-12-. The predicted octanol–water partition coefficient (Wildman–Crippen LogP) is 5.56. The van der Waals surface area contributed by atoms with Gasteiger partial charge >= 0.3 is 5.97 Å². The molecular formula is C22H38O3. The molecule has 0 amide bonds. The molecule has 0 fully saturated rings. The molecule has 0 saturated heterocycles. The van der Waals surface area contributed by atoms with Crippen molar-refractivity contribution in [1.82, 2.24) is 0 Å². The van der Waals surface area contributed by atoms with Crippen LogP contribution in [-0.4, -0.2) is 23.8 Å². The Bertz CT molecular complexity index is 368. The maximum Gasteiger partial charge on any atom is 0.305 e. The van der Waals surface area contributed by atoms with Gasteiger partial charge in [0.15, 0.2) is 0 Å². The number of carbonyl (C=O) groups is 1. The Balaban J connectivity index is 3.32. The monoisotopic (exact) mass is 350 g/mol. The first-order valence-corrected chi connectivity index (χ1v) is 10.1. The van der Waals surface area contributed by atoms with Gasteiger partial charge in [-0.2, -0.15) is 0 Å². The summed E-state index contributed by atoms with van der Waals surface area (Å²) in [7, 11) is 0. The summed E-state index contributed by atoms with van der Waals surface area (Å²) in [5, 5.41) is 9.86. The molecule has 0 bridgehead atoms. The van der Waals surface area contributed by atoms with E-state index in [1.807, 2.05) is 0 Å². The second-order valence-electron chi connectivity index (χ2n) is 6.69. The number of hydrogen-bond acceptors (Lipinski definition) is 3. The number of allylic oxidation sites excluding steroid dienone is 1. The number of terminal acetylenes is 1. The van der Waals surface area contributed by atoms with Crippen molar-refractivity contribution in [1.29, 1.82) is 0 Å². The molecule has 0 radical (unpaired) electrons. The summed E-state index contributed by atoms with van der Waals surface area (Å²) in [4.78, 5) is 11.4. The average molecular weight is 351 g/mol. The van der Waals surface area contributed by atoms with E-state index < -0.39 is 0 Å². The maximum atomic E-state index is 11.4. The fourth-order valence-electron chi connectivity index (χ4n) is 2.65. The fraction of sp³-hybridized carbons (Fsp3) is 0.773. The highest BCUT2D eigenvalue weighted by atomic mass is 16.5. The van der Waals surface area contributed by atoms with E-state index in [1.165, 1.54) is 32.1 Å². The van der Waals surface area contributed by atoms with Crippen LogP contribution in [0.15, 0.2) is 12.2 Å². The largest absolute Gasteiger partial charge is 0.465 e. The first kappa shape index (κ1) is 23.7. The summed E-state index contributed by atoms with van der Waals surface area (Å²) in [6.45, 7) is 2.55. The number of unbranched alkanes of at least 4 members (excludes halogenated alkanes) is 8. The number of aliphatic hydroxyl groups excluding tert-OH is 1. The zero-order valence-electron chi connectivity index (χ0n) is 16.2. The Kier molecular flexibility index (Phi) is 18.1. The Morgan fingerprint density at radius 1 is 1.08 bits per heavy atom. The fourth-order valence-corrected chi connectivity index (χ4v) is 2.65. The van der Waals surface area contributed by atoms with Crippen LogP contribution >= 0.6 is 0 Å². The third-order valence-corrected chi connectivity index (χ3v) is 4.23. The summed E-state index contributed by atoms with van der Waals surface area (Å²) in [6, 6.07) is 0. The lowest BCUT2D eigenvalue weighted by atomic mass is 10.1. The Labute approximate surface area is 155 Å². The smallest absolute Gasteiger partial charge is 0.305 e. The van der Waals surface area contributed by atoms with Crippen molar-refractivity contribution in [3.05, 3.63) is 12.2 Å². The number of hydrogen-bond donors (Lipinski definition) is 1. The van der Waals surface area contributed by atoms with E-state index in [0.29, 0.717) is 19.4 Å².